The highest BCUT2D eigenvalue weighted by molar-refractivity contribution is 7.47. The summed E-state index contributed by atoms with van der Waals surface area (Å²) in [5.41, 5.74) is 2.57. The van der Waals surface area contributed by atoms with Crippen molar-refractivity contribution in [2.45, 2.75) is 37.8 Å². The Balaban J connectivity index is 1.77. The predicted molar refractivity (Wildman–Crippen MR) is 108 cm³/mol. The van der Waals surface area contributed by atoms with Crippen molar-refractivity contribution in [2.24, 2.45) is 0 Å². The van der Waals surface area contributed by atoms with Crippen molar-refractivity contribution in [3.05, 3.63) is 22.7 Å². The maximum atomic E-state index is 14.9. The SMILES string of the molecule is CNCCC(=O)OCC(=O)OCOP(=O)(O)OC[C@@H]1C[C@](C)(F)[C@H](n2ccc(N)nc2=O)O1. The molecule has 4 atom stereocenters. The Labute approximate surface area is 187 Å². The van der Waals surface area contributed by atoms with Gasteiger partial charge in [0.05, 0.1) is 19.1 Å². The average Bonchev–Trinajstić information content (AvgIpc) is 3.03. The normalized spacial score (nSPS) is 24.2. The second-order valence-corrected chi connectivity index (χ2v) is 8.63. The molecule has 1 unspecified atom stereocenters. The number of hydrogen-bond donors (Lipinski definition) is 3. The number of rotatable bonds is 12. The lowest BCUT2D eigenvalue weighted by molar-refractivity contribution is -0.163. The van der Waals surface area contributed by atoms with Gasteiger partial charge in [0.25, 0.3) is 0 Å². The number of hydrogen-bond acceptors (Lipinski definition) is 12. The van der Waals surface area contributed by atoms with Gasteiger partial charge < -0.3 is 30.2 Å². The molecule has 1 aliphatic rings. The number of aromatic nitrogens is 2. The zero-order valence-corrected chi connectivity index (χ0v) is 18.9. The molecule has 14 nitrogen and oxygen atoms in total. The van der Waals surface area contributed by atoms with Gasteiger partial charge in [-0.2, -0.15) is 4.98 Å². The summed E-state index contributed by atoms with van der Waals surface area (Å²) in [4.78, 5) is 47.9. The van der Waals surface area contributed by atoms with Crippen LogP contribution in [0, 0.1) is 0 Å². The molecular weight excluding hydrogens is 470 g/mol. The predicted octanol–water partition coefficient (Wildman–Crippen LogP) is -0.372. The van der Waals surface area contributed by atoms with Crippen molar-refractivity contribution in [1.82, 2.24) is 14.9 Å². The molecule has 2 heterocycles. The second-order valence-electron chi connectivity index (χ2n) is 7.18. The molecule has 1 saturated heterocycles. The molecule has 1 aliphatic heterocycles. The Morgan fingerprint density at radius 2 is 2.15 bits per heavy atom. The Bertz CT molecular complexity index is 943. The van der Waals surface area contributed by atoms with E-state index in [1.807, 2.05) is 0 Å². The van der Waals surface area contributed by atoms with Crippen LogP contribution in [0.25, 0.3) is 0 Å². The van der Waals surface area contributed by atoms with Crippen molar-refractivity contribution >= 4 is 25.6 Å². The molecule has 4 N–H and O–H groups in total. The zero-order chi connectivity index (χ0) is 24.6. The van der Waals surface area contributed by atoms with Gasteiger partial charge in [-0.3, -0.25) is 13.9 Å². The largest absolute Gasteiger partial charge is 0.475 e. The van der Waals surface area contributed by atoms with Gasteiger partial charge in [0.15, 0.2) is 18.5 Å². The van der Waals surface area contributed by atoms with E-state index in [0.29, 0.717) is 6.54 Å². The smallest absolute Gasteiger partial charge is 0.454 e. The van der Waals surface area contributed by atoms with Crippen molar-refractivity contribution in [2.75, 3.05) is 39.3 Å². The molecular formula is C17H26FN4O10P. The Morgan fingerprint density at radius 3 is 2.82 bits per heavy atom. The minimum absolute atomic E-state index is 0.0410. The van der Waals surface area contributed by atoms with Crippen LogP contribution in [0.2, 0.25) is 0 Å². The van der Waals surface area contributed by atoms with Gasteiger partial charge in [0.2, 0.25) is 6.79 Å². The average molecular weight is 496 g/mol. The highest BCUT2D eigenvalue weighted by Crippen LogP contribution is 2.46. The summed E-state index contributed by atoms with van der Waals surface area (Å²) in [6.07, 6.45) is -1.35. The van der Waals surface area contributed by atoms with Crippen LogP contribution in [0.4, 0.5) is 10.2 Å². The van der Waals surface area contributed by atoms with E-state index in [1.54, 1.807) is 7.05 Å². The van der Waals surface area contributed by atoms with Crippen LogP contribution < -0.4 is 16.7 Å². The number of alkyl halides is 1. The molecule has 16 heteroatoms. The molecule has 0 aliphatic carbocycles. The summed E-state index contributed by atoms with van der Waals surface area (Å²) < 4.78 is 51.7. The van der Waals surface area contributed by atoms with Gasteiger partial charge >= 0.3 is 25.5 Å². The van der Waals surface area contributed by atoms with E-state index in [2.05, 4.69) is 24.3 Å². The third-order valence-electron chi connectivity index (χ3n) is 4.36. The molecule has 33 heavy (non-hydrogen) atoms. The van der Waals surface area contributed by atoms with Crippen LogP contribution in [0.3, 0.4) is 0 Å². The number of esters is 2. The van der Waals surface area contributed by atoms with Crippen LogP contribution in [0.5, 0.6) is 0 Å². The number of nitrogens with two attached hydrogens (primary N) is 1. The first-order valence-corrected chi connectivity index (χ1v) is 11.2. The lowest BCUT2D eigenvalue weighted by atomic mass is 10.0. The Kier molecular flexibility index (Phi) is 9.46. The molecule has 0 amide bonds. The summed E-state index contributed by atoms with van der Waals surface area (Å²) in [6, 6.07) is 1.30. The van der Waals surface area contributed by atoms with E-state index in [-0.39, 0.29) is 18.7 Å². The van der Waals surface area contributed by atoms with Crippen LogP contribution in [0.1, 0.15) is 26.0 Å². The molecule has 186 valence electrons. The van der Waals surface area contributed by atoms with Crippen molar-refractivity contribution in [3.63, 3.8) is 0 Å². The number of carbonyl (C=O) groups excluding carboxylic acids is 2. The van der Waals surface area contributed by atoms with E-state index < -0.39 is 63.5 Å². The van der Waals surface area contributed by atoms with Crippen LogP contribution in [-0.2, 0) is 37.4 Å². The third-order valence-corrected chi connectivity index (χ3v) is 5.26. The molecule has 0 aromatic carbocycles. The Hall–Kier alpha value is -2.42. The van der Waals surface area contributed by atoms with E-state index >= 15 is 0 Å². The van der Waals surface area contributed by atoms with Crippen LogP contribution in [-0.4, -0.2) is 71.8 Å². The summed E-state index contributed by atoms with van der Waals surface area (Å²) in [5, 5.41) is 2.73. The monoisotopic (exact) mass is 496 g/mol. The first-order chi connectivity index (χ1) is 15.4. The molecule has 1 aromatic rings. The third kappa shape index (κ3) is 8.46. The van der Waals surface area contributed by atoms with Gasteiger partial charge in [0.1, 0.15) is 5.82 Å². The van der Waals surface area contributed by atoms with E-state index in [0.717, 1.165) is 4.57 Å². The standard InChI is InChI=1S/C17H26FN4O10P/c1-17(18)7-11(32-15(17)22-6-4-12(19)21-16(22)25)8-30-33(26,27)31-10-29-14(24)9-28-13(23)3-5-20-2/h4,6,11,15,20H,3,5,7-10H2,1-2H3,(H,26,27)(H2,19,21,25)/t11-,15+,17-/m0/s1. The van der Waals surface area contributed by atoms with Crippen LogP contribution >= 0.6 is 7.82 Å². The number of anilines is 1. The summed E-state index contributed by atoms with van der Waals surface area (Å²) in [7, 11) is -3.06. The first kappa shape index (κ1) is 26.8. The summed E-state index contributed by atoms with van der Waals surface area (Å²) >= 11 is 0. The minimum Gasteiger partial charge on any atom is -0.454 e. The lowest BCUT2D eigenvalue weighted by Crippen LogP contribution is -2.35. The quantitative estimate of drug-likeness (QED) is 0.193. The topological polar surface area (TPSA) is 191 Å². The van der Waals surface area contributed by atoms with Crippen molar-refractivity contribution in [1.29, 1.82) is 0 Å². The number of nitrogens with one attached hydrogen (secondary N) is 1. The van der Waals surface area contributed by atoms with Crippen molar-refractivity contribution in [3.8, 4) is 0 Å². The minimum atomic E-state index is -4.70. The number of carbonyl (C=O) groups is 2. The Morgan fingerprint density at radius 1 is 1.42 bits per heavy atom. The highest BCUT2D eigenvalue weighted by Gasteiger charge is 2.48. The van der Waals surface area contributed by atoms with E-state index in [9.17, 15) is 28.2 Å². The van der Waals surface area contributed by atoms with E-state index in [4.69, 9.17) is 15.0 Å². The van der Waals surface area contributed by atoms with Crippen LogP contribution in [0.15, 0.2) is 17.1 Å². The summed E-state index contributed by atoms with van der Waals surface area (Å²) in [5.74, 6) is -1.68. The van der Waals surface area contributed by atoms with Gasteiger partial charge in [0, 0.05) is 19.2 Å². The summed E-state index contributed by atoms with van der Waals surface area (Å²) in [6.45, 7) is -0.655. The number of phosphoric acid groups is 1. The fourth-order valence-corrected chi connectivity index (χ4v) is 3.45. The number of phosphoric ester groups is 1. The van der Waals surface area contributed by atoms with Gasteiger partial charge in [-0.25, -0.2) is 23.1 Å². The van der Waals surface area contributed by atoms with Gasteiger partial charge in [-0.1, -0.05) is 0 Å². The maximum Gasteiger partial charge on any atom is 0.475 e. The fourth-order valence-electron chi connectivity index (χ4n) is 2.83. The number of halogens is 1. The van der Waals surface area contributed by atoms with E-state index in [1.165, 1.54) is 19.2 Å². The lowest BCUT2D eigenvalue weighted by Gasteiger charge is -2.22. The zero-order valence-electron chi connectivity index (χ0n) is 18.0. The molecule has 1 fully saturated rings. The van der Waals surface area contributed by atoms with Gasteiger partial charge in [-0.15, -0.1) is 0 Å². The molecule has 2 rings (SSSR count). The molecule has 1 aromatic heterocycles. The highest BCUT2D eigenvalue weighted by atomic mass is 31.2. The second kappa shape index (κ2) is 11.6. The molecule has 0 radical (unpaired) electrons. The number of nitrogens with zero attached hydrogens (tertiary/aromatic N) is 2. The first-order valence-electron chi connectivity index (χ1n) is 9.70. The maximum absolute atomic E-state index is 14.9. The van der Waals surface area contributed by atoms with Gasteiger partial charge in [-0.05, 0) is 20.0 Å². The molecule has 0 spiro atoms. The molecule has 0 saturated carbocycles. The number of nitrogen functional groups attached to an aromatic ring is 1. The fraction of sp³-hybridized carbons (Fsp3) is 0.647. The van der Waals surface area contributed by atoms with Crippen molar-refractivity contribution < 1.29 is 46.7 Å². The number of ether oxygens (including phenoxy) is 3. The molecule has 0 bridgehead atoms.